The monoisotopic (exact) mass is 179 g/mol. The molecule has 0 aromatic carbocycles. The second kappa shape index (κ2) is 3.54. The van der Waals surface area contributed by atoms with Crippen molar-refractivity contribution in [1.29, 1.82) is 0 Å². The number of hydrogen-bond acceptors (Lipinski definition) is 2. The minimum atomic E-state index is 0.596. The Hall–Kier alpha value is -0.760. The molecule has 1 unspecified atom stereocenters. The first-order valence-electron chi connectivity index (χ1n) is 5.02. The molecule has 0 radical (unpaired) electrons. The zero-order valence-corrected chi connectivity index (χ0v) is 8.34. The third-order valence-electron chi connectivity index (χ3n) is 2.74. The quantitative estimate of drug-likeness (QED) is 0.767. The standard InChI is InChI=1S/C11H17NO/c1-8-3-6-11(13-8)10(7-12-2)9-4-5-9/h3,6,9-10,12H,4-5,7H2,1-2H3. The Kier molecular flexibility index (Phi) is 2.40. The average molecular weight is 179 g/mol. The van der Waals surface area contributed by atoms with Crippen LogP contribution < -0.4 is 5.32 Å². The summed E-state index contributed by atoms with van der Waals surface area (Å²) in [6, 6.07) is 4.18. The van der Waals surface area contributed by atoms with E-state index in [1.165, 1.54) is 12.8 Å². The summed E-state index contributed by atoms with van der Waals surface area (Å²) in [7, 11) is 2.01. The molecule has 13 heavy (non-hydrogen) atoms. The van der Waals surface area contributed by atoms with E-state index < -0.39 is 0 Å². The van der Waals surface area contributed by atoms with Crippen molar-refractivity contribution in [3.8, 4) is 0 Å². The first-order valence-corrected chi connectivity index (χ1v) is 5.02. The summed E-state index contributed by atoms with van der Waals surface area (Å²) in [5.41, 5.74) is 0. The van der Waals surface area contributed by atoms with E-state index in [1.54, 1.807) is 0 Å². The summed E-state index contributed by atoms with van der Waals surface area (Å²) in [6.07, 6.45) is 2.73. The Morgan fingerprint density at radius 3 is 2.77 bits per heavy atom. The van der Waals surface area contributed by atoms with Crippen molar-refractivity contribution in [2.24, 2.45) is 5.92 Å². The highest BCUT2D eigenvalue weighted by molar-refractivity contribution is 5.13. The van der Waals surface area contributed by atoms with Gasteiger partial charge in [0.15, 0.2) is 0 Å². The van der Waals surface area contributed by atoms with Crippen LogP contribution in [0.3, 0.4) is 0 Å². The van der Waals surface area contributed by atoms with Crippen LogP contribution in [0.15, 0.2) is 16.5 Å². The molecular weight excluding hydrogens is 162 g/mol. The molecule has 0 bridgehead atoms. The number of rotatable bonds is 4. The molecular formula is C11H17NO. The van der Waals surface area contributed by atoms with E-state index >= 15 is 0 Å². The van der Waals surface area contributed by atoms with Gasteiger partial charge in [-0.2, -0.15) is 0 Å². The highest BCUT2D eigenvalue weighted by Crippen LogP contribution is 2.42. The third-order valence-corrected chi connectivity index (χ3v) is 2.74. The van der Waals surface area contributed by atoms with Gasteiger partial charge in [-0.3, -0.25) is 0 Å². The highest BCUT2D eigenvalue weighted by atomic mass is 16.3. The van der Waals surface area contributed by atoms with Crippen molar-refractivity contribution < 1.29 is 4.42 Å². The lowest BCUT2D eigenvalue weighted by molar-refractivity contribution is 0.412. The van der Waals surface area contributed by atoms with Crippen LogP contribution in [0.2, 0.25) is 0 Å². The van der Waals surface area contributed by atoms with E-state index in [0.717, 1.165) is 24.0 Å². The average Bonchev–Trinajstić information content (AvgIpc) is 2.85. The fraction of sp³-hybridized carbons (Fsp3) is 0.636. The molecule has 72 valence electrons. The summed E-state index contributed by atoms with van der Waals surface area (Å²) >= 11 is 0. The SMILES string of the molecule is CNCC(c1ccc(C)o1)C1CC1. The first kappa shape index (κ1) is 8.82. The van der Waals surface area contributed by atoms with Crippen molar-refractivity contribution in [2.75, 3.05) is 13.6 Å². The molecule has 1 aromatic rings. The molecule has 2 heteroatoms. The maximum atomic E-state index is 5.66. The van der Waals surface area contributed by atoms with Gasteiger partial charge in [0.25, 0.3) is 0 Å². The van der Waals surface area contributed by atoms with Crippen molar-refractivity contribution in [1.82, 2.24) is 5.32 Å². The Morgan fingerprint density at radius 1 is 1.54 bits per heavy atom. The molecule has 0 spiro atoms. The van der Waals surface area contributed by atoms with Crippen LogP contribution in [0.4, 0.5) is 0 Å². The molecule has 1 aliphatic carbocycles. The van der Waals surface area contributed by atoms with Crippen LogP contribution in [0, 0.1) is 12.8 Å². The topological polar surface area (TPSA) is 25.2 Å². The Morgan fingerprint density at radius 2 is 2.31 bits per heavy atom. The highest BCUT2D eigenvalue weighted by Gasteiger charge is 2.33. The molecule has 1 atom stereocenters. The minimum absolute atomic E-state index is 0.596. The predicted octanol–water partition coefficient (Wildman–Crippen LogP) is 2.30. The zero-order valence-electron chi connectivity index (χ0n) is 8.34. The summed E-state index contributed by atoms with van der Waals surface area (Å²) in [4.78, 5) is 0. The van der Waals surface area contributed by atoms with Crippen molar-refractivity contribution in [2.45, 2.75) is 25.7 Å². The van der Waals surface area contributed by atoms with Gasteiger partial charge in [0.05, 0.1) is 0 Å². The van der Waals surface area contributed by atoms with E-state index in [0.29, 0.717) is 5.92 Å². The molecule has 1 aliphatic rings. The first-order chi connectivity index (χ1) is 6.31. The van der Waals surface area contributed by atoms with Crippen LogP contribution in [-0.2, 0) is 0 Å². The molecule has 1 aromatic heterocycles. The summed E-state index contributed by atoms with van der Waals surface area (Å²) in [6.45, 7) is 3.05. The maximum Gasteiger partial charge on any atom is 0.108 e. The van der Waals surface area contributed by atoms with Crippen LogP contribution in [0.1, 0.15) is 30.3 Å². The summed E-state index contributed by atoms with van der Waals surface area (Å²) < 4.78 is 5.66. The predicted molar refractivity (Wildman–Crippen MR) is 52.8 cm³/mol. The van der Waals surface area contributed by atoms with Gasteiger partial charge in [-0.25, -0.2) is 0 Å². The second-order valence-electron chi connectivity index (χ2n) is 3.95. The Labute approximate surface area is 79.3 Å². The summed E-state index contributed by atoms with van der Waals surface area (Å²) in [5, 5.41) is 3.24. The van der Waals surface area contributed by atoms with E-state index in [-0.39, 0.29) is 0 Å². The van der Waals surface area contributed by atoms with E-state index in [1.807, 2.05) is 14.0 Å². The van der Waals surface area contributed by atoms with E-state index in [9.17, 15) is 0 Å². The van der Waals surface area contributed by atoms with Gasteiger partial charge in [-0.1, -0.05) is 0 Å². The smallest absolute Gasteiger partial charge is 0.108 e. The van der Waals surface area contributed by atoms with Crippen molar-refractivity contribution in [3.63, 3.8) is 0 Å². The number of likely N-dealkylation sites (N-methyl/N-ethyl adjacent to an activating group) is 1. The van der Waals surface area contributed by atoms with Crippen molar-refractivity contribution >= 4 is 0 Å². The fourth-order valence-corrected chi connectivity index (χ4v) is 1.87. The van der Waals surface area contributed by atoms with Crippen LogP contribution >= 0.6 is 0 Å². The lowest BCUT2D eigenvalue weighted by Gasteiger charge is -2.12. The molecule has 1 heterocycles. The molecule has 2 rings (SSSR count). The van der Waals surface area contributed by atoms with Gasteiger partial charge >= 0.3 is 0 Å². The second-order valence-corrected chi connectivity index (χ2v) is 3.95. The minimum Gasteiger partial charge on any atom is -0.466 e. The summed E-state index contributed by atoms with van der Waals surface area (Å²) in [5.74, 6) is 3.64. The molecule has 1 N–H and O–H groups in total. The van der Waals surface area contributed by atoms with Gasteiger partial charge in [0.1, 0.15) is 11.5 Å². The van der Waals surface area contributed by atoms with Crippen LogP contribution in [0.25, 0.3) is 0 Å². The lowest BCUT2D eigenvalue weighted by Crippen LogP contribution is -2.18. The largest absolute Gasteiger partial charge is 0.466 e. The van der Waals surface area contributed by atoms with Crippen molar-refractivity contribution in [3.05, 3.63) is 23.7 Å². The van der Waals surface area contributed by atoms with E-state index in [2.05, 4.69) is 17.4 Å². The normalized spacial score (nSPS) is 18.9. The number of furan rings is 1. The van der Waals surface area contributed by atoms with Gasteiger partial charge in [0, 0.05) is 12.5 Å². The molecule has 1 fully saturated rings. The molecule has 0 saturated heterocycles. The van der Waals surface area contributed by atoms with Crippen LogP contribution in [0.5, 0.6) is 0 Å². The fourth-order valence-electron chi connectivity index (χ4n) is 1.87. The zero-order chi connectivity index (χ0) is 9.26. The van der Waals surface area contributed by atoms with Gasteiger partial charge < -0.3 is 9.73 Å². The molecule has 1 saturated carbocycles. The third kappa shape index (κ3) is 1.94. The maximum absolute atomic E-state index is 5.66. The molecule has 0 amide bonds. The van der Waals surface area contributed by atoms with Gasteiger partial charge in [0.2, 0.25) is 0 Å². The van der Waals surface area contributed by atoms with Crippen LogP contribution in [-0.4, -0.2) is 13.6 Å². The van der Waals surface area contributed by atoms with Gasteiger partial charge in [-0.15, -0.1) is 0 Å². The van der Waals surface area contributed by atoms with Gasteiger partial charge in [-0.05, 0) is 44.9 Å². The van der Waals surface area contributed by atoms with E-state index in [4.69, 9.17) is 4.42 Å². The Balaban J connectivity index is 2.10. The molecule has 0 aliphatic heterocycles. The molecule has 2 nitrogen and oxygen atoms in total. The number of nitrogens with one attached hydrogen (secondary N) is 1. The number of hydrogen-bond donors (Lipinski definition) is 1. The Bertz CT molecular complexity index is 275. The number of aryl methyl sites for hydroxylation is 1. The lowest BCUT2D eigenvalue weighted by atomic mass is 10.0.